The molecule has 3 heteroatoms. The Morgan fingerprint density at radius 1 is 1.03 bits per heavy atom. The molecule has 0 amide bonds. The van der Waals surface area contributed by atoms with E-state index in [1.165, 1.54) is 31.3 Å². The second-order valence-electron chi connectivity index (χ2n) is 14.2. The number of esters is 1. The summed E-state index contributed by atoms with van der Waals surface area (Å²) in [7, 11) is 0. The van der Waals surface area contributed by atoms with Gasteiger partial charge < -0.3 is 4.74 Å². The maximum atomic E-state index is 13.3. The van der Waals surface area contributed by atoms with Crippen molar-refractivity contribution in [1.82, 2.24) is 0 Å². The third kappa shape index (κ3) is 2.76. The Morgan fingerprint density at radius 3 is 2.39 bits per heavy atom. The van der Waals surface area contributed by atoms with Crippen LogP contribution < -0.4 is 0 Å². The molecule has 5 aliphatic rings. The summed E-state index contributed by atoms with van der Waals surface area (Å²) >= 11 is 0. The van der Waals surface area contributed by atoms with E-state index in [1.54, 1.807) is 0 Å². The van der Waals surface area contributed by atoms with Crippen LogP contribution in [0.1, 0.15) is 106 Å². The number of allylic oxidation sites excluding steroid dienone is 1. The van der Waals surface area contributed by atoms with Gasteiger partial charge in [0.05, 0.1) is 11.5 Å². The van der Waals surface area contributed by atoms with Gasteiger partial charge in [0.2, 0.25) is 0 Å². The monoisotopic (exact) mass is 451 g/mol. The van der Waals surface area contributed by atoms with Crippen LogP contribution in [0.3, 0.4) is 0 Å². The van der Waals surface area contributed by atoms with Crippen molar-refractivity contribution in [1.29, 1.82) is 5.26 Å². The standard InChI is InChI=1S/C30H45NO2/c1-19(2)20-11-13-29(7)22(27(20,5)12-8-18-31)10-9-21-23-24-26(3,4)14-16-30(23,25(32)33-24)17-15-28(21,29)6/h20-24H,1,8-17H2,2-7H3/t20-,21+,22+,23-,24+,27-,28+,29+,30-/m0/s1. The van der Waals surface area contributed by atoms with E-state index >= 15 is 0 Å². The average Bonchev–Trinajstić information content (AvgIpc) is 3.00. The van der Waals surface area contributed by atoms with E-state index in [0.717, 1.165) is 32.1 Å². The van der Waals surface area contributed by atoms with Gasteiger partial charge in [-0.05, 0) is 98.7 Å². The number of carbonyl (C=O) groups excluding carboxylic acids is 1. The van der Waals surface area contributed by atoms with Gasteiger partial charge in [-0.3, -0.25) is 4.79 Å². The minimum absolute atomic E-state index is 0.0786. The molecule has 2 bridgehead atoms. The molecule has 0 aromatic rings. The van der Waals surface area contributed by atoms with Crippen molar-refractivity contribution in [3.8, 4) is 6.07 Å². The summed E-state index contributed by atoms with van der Waals surface area (Å²) in [6, 6.07) is 2.46. The summed E-state index contributed by atoms with van der Waals surface area (Å²) in [5.74, 6) is 2.19. The van der Waals surface area contributed by atoms with Gasteiger partial charge in [-0.1, -0.05) is 46.8 Å². The summed E-state index contributed by atoms with van der Waals surface area (Å²) < 4.78 is 6.26. The van der Waals surface area contributed by atoms with Gasteiger partial charge in [0, 0.05) is 17.8 Å². The maximum absolute atomic E-state index is 13.3. The van der Waals surface area contributed by atoms with Crippen LogP contribution in [0.25, 0.3) is 0 Å². The van der Waals surface area contributed by atoms with Gasteiger partial charge in [0.25, 0.3) is 0 Å². The van der Waals surface area contributed by atoms with E-state index in [9.17, 15) is 10.1 Å². The van der Waals surface area contributed by atoms with Crippen molar-refractivity contribution in [3.05, 3.63) is 12.2 Å². The van der Waals surface area contributed by atoms with Crippen LogP contribution in [0, 0.1) is 62.1 Å². The number of carbonyl (C=O) groups is 1. The largest absolute Gasteiger partial charge is 0.461 e. The summed E-state index contributed by atoms with van der Waals surface area (Å²) in [6.07, 6.45) is 10.8. The molecule has 4 saturated carbocycles. The predicted molar refractivity (Wildman–Crippen MR) is 131 cm³/mol. The van der Waals surface area contributed by atoms with Gasteiger partial charge in [0.15, 0.2) is 0 Å². The lowest BCUT2D eigenvalue weighted by atomic mass is 9.33. The van der Waals surface area contributed by atoms with Crippen LogP contribution in [0.5, 0.6) is 0 Å². The number of rotatable bonds is 3. The fraction of sp³-hybridized carbons (Fsp3) is 0.867. The lowest BCUT2D eigenvalue weighted by Crippen LogP contribution is -2.66. The topological polar surface area (TPSA) is 50.1 Å². The van der Waals surface area contributed by atoms with Crippen LogP contribution >= 0.6 is 0 Å². The van der Waals surface area contributed by atoms with E-state index in [0.29, 0.717) is 30.1 Å². The lowest BCUT2D eigenvalue weighted by Gasteiger charge is -2.71. The quantitative estimate of drug-likeness (QED) is 0.330. The minimum atomic E-state index is -0.216. The Kier molecular flexibility index (Phi) is 5.05. The second-order valence-corrected chi connectivity index (χ2v) is 14.2. The Balaban J connectivity index is 1.57. The first kappa shape index (κ1) is 23.4. The molecule has 1 heterocycles. The molecule has 0 radical (unpaired) electrons. The molecular weight excluding hydrogens is 406 g/mol. The van der Waals surface area contributed by atoms with Gasteiger partial charge in [-0.25, -0.2) is 0 Å². The normalized spacial score (nSPS) is 52.0. The Hall–Kier alpha value is -1.30. The first-order valence-corrected chi connectivity index (χ1v) is 13.6. The molecule has 0 spiro atoms. The average molecular weight is 452 g/mol. The molecule has 3 nitrogen and oxygen atoms in total. The number of hydrogen-bond acceptors (Lipinski definition) is 3. The lowest BCUT2D eigenvalue weighted by molar-refractivity contribution is -0.224. The van der Waals surface area contributed by atoms with Crippen molar-refractivity contribution in [2.75, 3.05) is 0 Å². The molecule has 5 fully saturated rings. The van der Waals surface area contributed by atoms with Gasteiger partial charge in [-0.2, -0.15) is 5.26 Å². The Labute approximate surface area is 201 Å². The molecule has 0 aromatic carbocycles. The summed E-state index contributed by atoms with van der Waals surface area (Å²) in [6.45, 7) is 19.0. The molecule has 182 valence electrons. The van der Waals surface area contributed by atoms with Crippen LogP contribution in [0.15, 0.2) is 12.2 Å². The zero-order chi connectivity index (χ0) is 24.0. The molecule has 0 unspecified atom stereocenters. The Bertz CT molecular complexity index is 915. The molecule has 5 rings (SSSR count). The van der Waals surface area contributed by atoms with E-state index in [2.05, 4.69) is 54.2 Å². The highest BCUT2D eigenvalue weighted by atomic mass is 16.6. The molecule has 33 heavy (non-hydrogen) atoms. The molecule has 9 atom stereocenters. The number of nitrogens with zero attached hydrogens (tertiary/aromatic N) is 1. The van der Waals surface area contributed by atoms with Crippen molar-refractivity contribution >= 4 is 5.97 Å². The number of ether oxygens (including phenoxy) is 1. The van der Waals surface area contributed by atoms with Crippen LogP contribution in [0.4, 0.5) is 0 Å². The van der Waals surface area contributed by atoms with E-state index in [1.807, 2.05) is 0 Å². The van der Waals surface area contributed by atoms with Gasteiger partial charge >= 0.3 is 5.97 Å². The minimum Gasteiger partial charge on any atom is -0.461 e. The van der Waals surface area contributed by atoms with Crippen LogP contribution in [-0.4, -0.2) is 12.1 Å². The van der Waals surface area contributed by atoms with Crippen molar-refractivity contribution in [3.63, 3.8) is 0 Å². The highest BCUT2D eigenvalue weighted by Gasteiger charge is 2.74. The van der Waals surface area contributed by atoms with Crippen molar-refractivity contribution in [2.45, 2.75) is 112 Å². The highest BCUT2D eigenvalue weighted by molar-refractivity contribution is 5.81. The first-order chi connectivity index (χ1) is 15.4. The third-order valence-corrected chi connectivity index (χ3v) is 12.7. The van der Waals surface area contributed by atoms with Gasteiger partial charge in [-0.15, -0.1) is 0 Å². The van der Waals surface area contributed by atoms with E-state index < -0.39 is 0 Å². The molecule has 1 saturated heterocycles. The van der Waals surface area contributed by atoms with Gasteiger partial charge in [0.1, 0.15) is 6.10 Å². The van der Waals surface area contributed by atoms with E-state index in [-0.39, 0.29) is 39.1 Å². The summed E-state index contributed by atoms with van der Waals surface area (Å²) in [5.41, 5.74) is 1.75. The zero-order valence-corrected chi connectivity index (χ0v) is 21.9. The maximum Gasteiger partial charge on any atom is 0.312 e. The molecular formula is C30H45NO2. The molecule has 4 aliphatic carbocycles. The smallest absolute Gasteiger partial charge is 0.312 e. The first-order valence-electron chi connectivity index (χ1n) is 13.6. The number of hydrogen-bond donors (Lipinski definition) is 0. The van der Waals surface area contributed by atoms with Crippen molar-refractivity contribution < 1.29 is 9.53 Å². The molecule has 0 aromatic heterocycles. The fourth-order valence-electron chi connectivity index (χ4n) is 10.7. The van der Waals surface area contributed by atoms with E-state index in [4.69, 9.17) is 4.74 Å². The fourth-order valence-corrected chi connectivity index (χ4v) is 10.7. The summed E-state index contributed by atoms with van der Waals surface area (Å²) in [4.78, 5) is 13.3. The number of nitriles is 1. The predicted octanol–water partition coefficient (Wildman–Crippen LogP) is 7.46. The molecule has 1 aliphatic heterocycles. The van der Waals surface area contributed by atoms with Crippen LogP contribution in [0.2, 0.25) is 0 Å². The SMILES string of the molecule is C=C(C)[C@@H]1CC[C@]2(C)[C@H](CC[C@@H]3[C@H]4[C@H]5OC(=O)[C@@]4(CCC5(C)C)CC[C@]32C)[C@@]1(C)CCC#N. The Morgan fingerprint density at radius 2 is 1.73 bits per heavy atom. The third-order valence-electron chi connectivity index (χ3n) is 12.7. The van der Waals surface area contributed by atoms with Crippen molar-refractivity contribution in [2.24, 2.45) is 50.7 Å². The molecule has 0 N–H and O–H groups in total. The zero-order valence-electron chi connectivity index (χ0n) is 21.9. The highest BCUT2D eigenvalue weighted by Crippen LogP contribution is 2.77. The summed E-state index contributed by atoms with van der Waals surface area (Å²) in [5, 5.41) is 9.48. The second kappa shape index (κ2) is 7.11. The van der Waals surface area contributed by atoms with Crippen LogP contribution in [-0.2, 0) is 9.53 Å². The number of fused-ring (bicyclic) bond motifs is 3.